The Balaban J connectivity index is 1.47. The van der Waals surface area contributed by atoms with Crippen LogP contribution in [0.1, 0.15) is 24.8 Å². The van der Waals surface area contributed by atoms with Crippen molar-refractivity contribution in [3.05, 3.63) is 59.7 Å². The van der Waals surface area contributed by atoms with Crippen LogP contribution in [-0.2, 0) is 11.2 Å². The highest BCUT2D eigenvalue weighted by Crippen LogP contribution is 2.31. The molecule has 0 radical (unpaired) electrons. The van der Waals surface area contributed by atoms with Crippen LogP contribution in [0.25, 0.3) is 0 Å². The Morgan fingerprint density at radius 1 is 1.30 bits per heavy atom. The smallest absolute Gasteiger partial charge is 0.408 e. The van der Waals surface area contributed by atoms with Crippen molar-refractivity contribution in [1.29, 1.82) is 0 Å². The van der Waals surface area contributed by atoms with Gasteiger partial charge in [0.15, 0.2) is 0 Å². The number of halogens is 2. The van der Waals surface area contributed by atoms with Crippen molar-refractivity contribution < 1.29 is 18.3 Å². The monoisotopic (exact) mass is 374 g/mol. The second-order valence-electron chi connectivity index (χ2n) is 7.82. The third kappa shape index (κ3) is 4.21. The predicted molar refractivity (Wildman–Crippen MR) is 98.4 cm³/mol. The summed E-state index contributed by atoms with van der Waals surface area (Å²) in [5.74, 6) is -0.274. The molecule has 5 rings (SSSR count). The van der Waals surface area contributed by atoms with Gasteiger partial charge in [0.1, 0.15) is 17.7 Å². The normalized spacial score (nSPS) is 32.1. The molecule has 144 valence electrons. The zero-order chi connectivity index (χ0) is 18.9. The molecule has 0 aromatic heterocycles. The molecular formula is C21H24F2N2O2. The fourth-order valence-corrected chi connectivity index (χ4v) is 4.43. The summed E-state index contributed by atoms with van der Waals surface area (Å²) in [6.07, 6.45) is 6.48. The van der Waals surface area contributed by atoms with E-state index in [1.807, 2.05) is 0 Å². The van der Waals surface area contributed by atoms with Crippen LogP contribution in [0.4, 0.5) is 13.6 Å². The highest BCUT2D eigenvalue weighted by Gasteiger charge is 2.38. The summed E-state index contributed by atoms with van der Waals surface area (Å²) in [6.45, 7) is 2.89. The Kier molecular flexibility index (Phi) is 5.00. The number of allylic oxidation sites excluding steroid dienone is 2. The van der Waals surface area contributed by atoms with E-state index in [0.29, 0.717) is 11.5 Å². The third-order valence-electron chi connectivity index (χ3n) is 5.79. The molecule has 0 saturated carbocycles. The van der Waals surface area contributed by atoms with Gasteiger partial charge in [-0.3, -0.25) is 4.90 Å². The number of rotatable bonds is 4. The maximum absolute atomic E-state index is 14.0. The van der Waals surface area contributed by atoms with Crippen molar-refractivity contribution in [1.82, 2.24) is 10.2 Å². The Labute approximate surface area is 157 Å². The molecule has 1 unspecified atom stereocenters. The molecular weight excluding hydrogens is 350 g/mol. The van der Waals surface area contributed by atoms with E-state index in [1.165, 1.54) is 18.2 Å². The number of amides is 1. The molecule has 1 aliphatic carbocycles. The molecule has 4 aliphatic rings. The Bertz CT molecular complexity index is 771. The van der Waals surface area contributed by atoms with Gasteiger partial charge >= 0.3 is 6.09 Å². The van der Waals surface area contributed by atoms with Crippen molar-refractivity contribution in [2.24, 2.45) is 5.92 Å². The quantitative estimate of drug-likeness (QED) is 0.873. The molecule has 1 aromatic rings. The summed E-state index contributed by atoms with van der Waals surface area (Å²) >= 11 is 0. The number of benzene rings is 1. The zero-order valence-corrected chi connectivity index (χ0v) is 15.2. The van der Waals surface area contributed by atoms with E-state index in [2.05, 4.69) is 10.2 Å². The highest BCUT2D eigenvalue weighted by atomic mass is 19.1. The molecule has 2 atom stereocenters. The minimum Gasteiger partial charge on any atom is -0.445 e. The average Bonchev–Trinajstić information content (AvgIpc) is 2.62. The molecule has 1 aromatic carbocycles. The molecule has 2 bridgehead atoms. The Morgan fingerprint density at radius 3 is 2.78 bits per heavy atom. The van der Waals surface area contributed by atoms with Gasteiger partial charge < -0.3 is 10.1 Å². The summed E-state index contributed by atoms with van der Waals surface area (Å²) in [7, 11) is 0. The number of alkyl carbamates (subject to hydrolysis) is 1. The van der Waals surface area contributed by atoms with Crippen molar-refractivity contribution in [2.75, 3.05) is 19.6 Å². The second kappa shape index (κ2) is 7.43. The molecule has 6 heteroatoms. The van der Waals surface area contributed by atoms with E-state index in [9.17, 15) is 13.6 Å². The van der Waals surface area contributed by atoms with Crippen molar-refractivity contribution in [3.8, 4) is 0 Å². The topological polar surface area (TPSA) is 41.6 Å². The molecule has 1 amide bonds. The van der Waals surface area contributed by atoms with E-state index in [-0.39, 0.29) is 30.6 Å². The number of piperidine rings is 3. The van der Waals surface area contributed by atoms with Gasteiger partial charge in [-0.1, -0.05) is 24.3 Å². The summed E-state index contributed by atoms with van der Waals surface area (Å²) in [4.78, 5) is 14.9. The van der Waals surface area contributed by atoms with Gasteiger partial charge in [0.2, 0.25) is 0 Å². The minimum absolute atomic E-state index is 0.0231. The molecule has 1 N–H and O–H groups in total. The molecule has 3 heterocycles. The van der Waals surface area contributed by atoms with Crippen molar-refractivity contribution in [2.45, 2.75) is 37.3 Å². The Morgan fingerprint density at radius 2 is 2.11 bits per heavy atom. The van der Waals surface area contributed by atoms with E-state index in [0.717, 1.165) is 32.5 Å². The van der Waals surface area contributed by atoms with E-state index >= 15 is 0 Å². The van der Waals surface area contributed by atoms with Gasteiger partial charge in [-0.25, -0.2) is 13.6 Å². The third-order valence-corrected chi connectivity index (χ3v) is 5.79. The number of fused-ring (bicyclic) bond motifs is 3. The second-order valence-corrected chi connectivity index (χ2v) is 7.82. The number of carbonyl (C=O) groups is 1. The van der Waals surface area contributed by atoms with Crippen molar-refractivity contribution in [3.63, 3.8) is 0 Å². The summed E-state index contributed by atoms with van der Waals surface area (Å²) < 4.78 is 33.3. The van der Waals surface area contributed by atoms with Gasteiger partial charge in [0, 0.05) is 13.0 Å². The number of ether oxygens (including phenoxy) is 1. The first kappa shape index (κ1) is 18.2. The standard InChI is InChI=1S/C21H24F2N2O2/c22-17-4-1-3-15(11-17)12-21(8-2-5-18(23)13-21)24-20(26)27-19-14-25-9-6-16(19)7-10-25/h1-5,8,11,16,19H,6-7,9-10,12-14H2,(H,24,26)/t19-,21?/m0/s1. The van der Waals surface area contributed by atoms with Crippen LogP contribution in [-0.4, -0.2) is 42.3 Å². The lowest BCUT2D eigenvalue weighted by molar-refractivity contribution is -0.0348. The number of hydrogen-bond donors (Lipinski definition) is 1. The lowest BCUT2D eigenvalue weighted by atomic mass is 9.84. The van der Waals surface area contributed by atoms with Crippen LogP contribution in [0, 0.1) is 11.7 Å². The van der Waals surface area contributed by atoms with Gasteiger partial charge in [0.05, 0.1) is 5.54 Å². The first-order valence-electron chi connectivity index (χ1n) is 9.51. The molecule has 27 heavy (non-hydrogen) atoms. The van der Waals surface area contributed by atoms with E-state index in [4.69, 9.17) is 4.74 Å². The van der Waals surface area contributed by atoms with Crippen LogP contribution in [0.5, 0.6) is 0 Å². The predicted octanol–water partition coefficient (Wildman–Crippen LogP) is 3.74. The number of nitrogens with one attached hydrogen (secondary N) is 1. The molecule has 0 spiro atoms. The zero-order valence-electron chi connectivity index (χ0n) is 15.2. The highest BCUT2D eigenvalue weighted by molar-refractivity contribution is 5.69. The summed E-state index contributed by atoms with van der Waals surface area (Å²) in [6, 6.07) is 6.16. The van der Waals surface area contributed by atoms with Crippen LogP contribution in [0.3, 0.4) is 0 Å². The van der Waals surface area contributed by atoms with Crippen LogP contribution >= 0.6 is 0 Å². The molecule has 3 saturated heterocycles. The van der Waals surface area contributed by atoms with Gasteiger partial charge in [0.25, 0.3) is 0 Å². The van der Waals surface area contributed by atoms with Gasteiger partial charge in [-0.2, -0.15) is 0 Å². The number of nitrogens with zero attached hydrogens (tertiary/aromatic N) is 1. The molecule has 3 aliphatic heterocycles. The van der Waals surface area contributed by atoms with E-state index in [1.54, 1.807) is 24.3 Å². The van der Waals surface area contributed by atoms with Crippen LogP contribution in [0.2, 0.25) is 0 Å². The first-order valence-corrected chi connectivity index (χ1v) is 9.51. The van der Waals surface area contributed by atoms with Crippen LogP contribution in [0.15, 0.2) is 48.3 Å². The van der Waals surface area contributed by atoms with Gasteiger partial charge in [-0.05, 0) is 62.0 Å². The molecule has 4 nitrogen and oxygen atoms in total. The fourth-order valence-electron chi connectivity index (χ4n) is 4.43. The number of hydrogen-bond acceptors (Lipinski definition) is 3. The first-order chi connectivity index (χ1) is 13.0. The minimum atomic E-state index is -0.961. The Hall–Kier alpha value is -2.21. The van der Waals surface area contributed by atoms with E-state index < -0.39 is 11.6 Å². The largest absolute Gasteiger partial charge is 0.445 e. The maximum atomic E-state index is 14.0. The fraction of sp³-hybridized carbons (Fsp3) is 0.476. The van der Waals surface area contributed by atoms with Crippen LogP contribution < -0.4 is 5.32 Å². The lowest BCUT2D eigenvalue weighted by Crippen LogP contribution is -2.55. The summed E-state index contributed by atoms with van der Waals surface area (Å²) in [5, 5.41) is 2.87. The maximum Gasteiger partial charge on any atom is 0.408 e. The summed E-state index contributed by atoms with van der Waals surface area (Å²) in [5.41, 5.74) is -0.269. The average molecular weight is 374 g/mol. The number of carbonyl (C=O) groups excluding carboxylic acids is 1. The molecule has 3 fully saturated rings. The SMILES string of the molecule is O=C(NC1(Cc2cccc(F)c2)C=CC=C(F)C1)O[C@H]1CN2CCC1CC2. The lowest BCUT2D eigenvalue weighted by Gasteiger charge is -2.44. The van der Waals surface area contributed by atoms with Crippen molar-refractivity contribution >= 4 is 6.09 Å². The van der Waals surface area contributed by atoms with Gasteiger partial charge in [-0.15, -0.1) is 0 Å².